The lowest BCUT2D eigenvalue weighted by atomic mass is 10.1. The highest BCUT2D eigenvalue weighted by Gasteiger charge is 2.30. The second-order valence-corrected chi connectivity index (χ2v) is 7.78. The van der Waals surface area contributed by atoms with Crippen LogP contribution in [0, 0.1) is 0 Å². The van der Waals surface area contributed by atoms with Crippen LogP contribution in [0.3, 0.4) is 0 Å². The van der Waals surface area contributed by atoms with Gasteiger partial charge in [0.05, 0.1) is 17.5 Å². The van der Waals surface area contributed by atoms with Crippen molar-refractivity contribution in [3.8, 4) is 17.3 Å². The van der Waals surface area contributed by atoms with Crippen LogP contribution in [0.2, 0.25) is 0 Å². The van der Waals surface area contributed by atoms with Crippen LogP contribution in [-0.2, 0) is 12.8 Å². The van der Waals surface area contributed by atoms with Crippen molar-refractivity contribution < 1.29 is 4.79 Å². The summed E-state index contributed by atoms with van der Waals surface area (Å²) in [5.74, 6) is 2.79. The minimum atomic E-state index is -0.124. The lowest BCUT2D eigenvalue weighted by Crippen LogP contribution is -2.37. The van der Waals surface area contributed by atoms with E-state index in [1.807, 2.05) is 18.2 Å². The second kappa shape index (κ2) is 6.79. The Balaban J connectivity index is 1.34. The Bertz CT molecular complexity index is 1290. The Kier molecular flexibility index (Phi) is 3.92. The molecule has 0 saturated heterocycles. The monoisotopic (exact) mass is 413 g/mol. The fraction of sp³-hybridized carbons (Fsp3) is 0.286. The van der Waals surface area contributed by atoms with E-state index in [9.17, 15) is 4.79 Å². The first kappa shape index (κ1) is 17.9. The van der Waals surface area contributed by atoms with E-state index in [1.165, 1.54) is 0 Å². The van der Waals surface area contributed by atoms with E-state index in [1.54, 1.807) is 34.4 Å². The first-order valence-corrected chi connectivity index (χ1v) is 10.3. The van der Waals surface area contributed by atoms with E-state index >= 15 is 0 Å². The zero-order valence-corrected chi connectivity index (χ0v) is 16.9. The Labute approximate surface area is 177 Å². The number of rotatable bonds is 3. The number of carbonyl (C=O) groups excluding carboxylic acids is 1. The van der Waals surface area contributed by atoms with Gasteiger partial charge in [-0.2, -0.15) is 5.10 Å². The third-order valence-corrected chi connectivity index (χ3v) is 5.86. The molecule has 1 atom stereocenters. The van der Waals surface area contributed by atoms with Gasteiger partial charge in [-0.1, -0.05) is 6.07 Å². The molecule has 6 heterocycles. The maximum atomic E-state index is 13.3. The summed E-state index contributed by atoms with van der Waals surface area (Å²) >= 11 is 0. The smallest absolute Gasteiger partial charge is 0.262 e. The molecular weight excluding hydrogens is 394 g/mol. The van der Waals surface area contributed by atoms with Gasteiger partial charge in [-0.25, -0.2) is 14.6 Å². The molecule has 4 aromatic heterocycles. The SMILES string of the molecule is C[C@@H]1CCc2nnc(-c3cccc(N4CCc5nn(-c6cnccn6)cc5C4=O)n3)n21. The Morgan fingerprint density at radius 1 is 1.10 bits per heavy atom. The predicted octanol–water partition coefficient (Wildman–Crippen LogP) is 2.03. The number of hydrogen-bond donors (Lipinski definition) is 0. The maximum Gasteiger partial charge on any atom is 0.262 e. The van der Waals surface area contributed by atoms with Crippen LogP contribution in [-0.4, -0.2) is 51.9 Å². The molecule has 4 aromatic rings. The normalized spacial score (nSPS) is 17.6. The van der Waals surface area contributed by atoms with Crippen LogP contribution in [0.1, 0.15) is 41.3 Å². The molecule has 10 nitrogen and oxygen atoms in total. The quantitative estimate of drug-likeness (QED) is 0.506. The molecule has 0 N–H and O–H groups in total. The van der Waals surface area contributed by atoms with Gasteiger partial charge in [-0.05, 0) is 25.5 Å². The first-order chi connectivity index (χ1) is 15.2. The summed E-state index contributed by atoms with van der Waals surface area (Å²) in [5.41, 5.74) is 2.03. The van der Waals surface area contributed by atoms with Crippen molar-refractivity contribution in [2.45, 2.75) is 32.2 Å². The van der Waals surface area contributed by atoms with Crippen molar-refractivity contribution in [3.05, 3.63) is 60.1 Å². The number of anilines is 1. The van der Waals surface area contributed by atoms with Gasteiger partial charge in [0.1, 0.15) is 17.3 Å². The van der Waals surface area contributed by atoms with Gasteiger partial charge in [-0.3, -0.25) is 14.7 Å². The van der Waals surface area contributed by atoms with Crippen LogP contribution in [0.25, 0.3) is 17.3 Å². The average molecular weight is 413 g/mol. The van der Waals surface area contributed by atoms with E-state index in [2.05, 4.69) is 36.8 Å². The molecule has 0 bridgehead atoms. The molecular formula is C21H19N9O. The zero-order valence-electron chi connectivity index (χ0n) is 16.9. The highest BCUT2D eigenvalue weighted by atomic mass is 16.2. The number of aromatic nitrogens is 8. The molecule has 10 heteroatoms. The number of fused-ring (bicyclic) bond motifs is 2. The summed E-state index contributed by atoms with van der Waals surface area (Å²) in [6, 6.07) is 6.02. The summed E-state index contributed by atoms with van der Waals surface area (Å²) in [4.78, 5) is 28.1. The fourth-order valence-electron chi connectivity index (χ4n) is 4.28. The molecule has 0 saturated carbocycles. The van der Waals surface area contributed by atoms with Crippen molar-refractivity contribution in [1.82, 2.24) is 39.5 Å². The minimum Gasteiger partial charge on any atom is -0.307 e. The van der Waals surface area contributed by atoms with Gasteiger partial charge < -0.3 is 4.57 Å². The van der Waals surface area contributed by atoms with Crippen molar-refractivity contribution in [2.24, 2.45) is 0 Å². The highest BCUT2D eigenvalue weighted by Crippen LogP contribution is 2.31. The average Bonchev–Trinajstić information content (AvgIpc) is 3.51. The molecule has 1 amide bonds. The molecule has 0 aromatic carbocycles. The Morgan fingerprint density at radius 2 is 2.03 bits per heavy atom. The molecule has 31 heavy (non-hydrogen) atoms. The minimum absolute atomic E-state index is 0.124. The van der Waals surface area contributed by atoms with E-state index in [0.717, 1.165) is 35.9 Å². The summed E-state index contributed by atoms with van der Waals surface area (Å²) in [6.45, 7) is 2.67. The standard InChI is InChI=1S/C21H19N9O/c1-13-5-6-18-25-26-20(30(13)18)16-3-2-4-17(24-16)28-10-7-15-14(21(28)31)12-29(27-15)19-11-22-8-9-23-19/h2-4,8-9,11-13H,5-7,10H2,1H3/t13-/m1/s1. The molecule has 2 aliphatic heterocycles. The number of aryl methyl sites for hydroxylation is 1. The van der Waals surface area contributed by atoms with E-state index in [-0.39, 0.29) is 5.91 Å². The molecule has 0 radical (unpaired) electrons. The summed E-state index contributed by atoms with van der Waals surface area (Å²) < 4.78 is 3.75. The molecule has 0 unspecified atom stereocenters. The van der Waals surface area contributed by atoms with Gasteiger partial charge >= 0.3 is 0 Å². The van der Waals surface area contributed by atoms with E-state index in [0.29, 0.717) is 36.2 Å². The number of carbonyl (C=O) groups is 1. The maximum absolute atomic E-state index is 13.3. The van der Waals surface area contributed by atoms with Gasteiger partial charge in [0.25, 0.3) is 5.91 Å². The topological polar surface area (TPSA) is 108 Å². The van der Waals surface area contributed by atoms with Gasteiger partial charge in [0, 0.05) is 44.0 Å². The Morgan fingerprint density at radius 3 is 2.90 bits per heavy atom. The summed E-state index contributed by atoms with van der Waals surface area (Å²) in [5, 5.41) is 13.2. The largest absolute Gasteiger partial charge is 0.307 e. The third kappa shape index (κ3) is 2.82. The van der Waals surface area contributed by atoms with E-state index in [4.69, 9.17) is 4.98 Å². The highest BCUT2D eigenvalue weighted by molar-refractivity contribution is 6.07. The first-order valence-electron chi connectivity index (χ1n) is 10.3. The lowest BCUT2D eigenvalue weighted by Gasteiger charge is -2.25. The van der Waals surface area contributed by atoms with E-state index < -0.39 is 0 Å². The van der Waals surface area contributed by atoms with Crippen molar-refractivity contribution in [3.63, 3.8) is 0 Å². The fourth-order valence-corrected chi connectivity index (χ4v) is 4.28. The second-order valence-electron chi connectivity index (χ2n) is 7.78. The predicted molar refractivity (Wildman–Crippen MR) is 111 cm³/mol. The number of hydrogen-bond acceptors (Lipinski definition) is 7. The number of nitrogens with zero attached hydrogens (tertiary/aromatic N) is 9. The molecule has 154 valence electrons. The van der Waals surface area contributed by atoms with Gasteiger partial charge in [0.2, 0.25) is 0 Å². The van der Waals surface area contributed by atoms with Crippen LogP contribution in [0.5, 0.6) is 0 Å². The van der Waals surface area contributed by atoms with Crippen LogP contribution >= 0.6 is 0 Å². The van der Waals surface area contributed by atoms with Gasteiger partial charge in [-0.15, -0.1) is 10.2 Å². The summed E-state index contributed by atoms with van der Waals surface area (Å²) in [6.07, 6.45) is 9.15. The number of amides is 1. The third-order valence-electron chi connectivity index (χ3n) is 5.86. The van der Waals surface area contributed by atoms with Crippen LogP contribution in [0.4, 0.5) is 5.82 Å². The molecule has 0 spiro atoms. The van der Waals surface area contributed by atoms with Crippen LogP contribution < -0.4 is 4.90 Å². The molecule has 0 fully saturated rings. The zero-order chi connectivity index (χ0) is 20.9. The number of pyridine rings is 1. The van der Waals surface area contributed by atoms with Crippen molar-refractivity contribution in [2.75, 3.05) is 11.4 Å². The van der Waals surface area contributed by atoms with Crippen molar-refractivity contribution >= 4 is 11.7 Å². The van der Waals surface area contributed by atoms with Gasteiger partial charge in [0.15, 0.2) is 11.6 Å². The Hall–Kier alpha value is -3.95. The molecule has 0 aliphatic carbocycles. The lowest BCUT2D eigenvalue weighted by molar-refractivity contribution is 0.0980. The van der Waals surface area contributed by atoms with Crippen LogP contribution in [0.15, 0.2) is 43.0 Å². The molecule has 2 aliphatic rings. The van der Waals surface area contributed by atoms with Crippen molar-refractivity contribution in [1.29, 1.82) is 0 Å². The molecule has 6 rings (SSSR count). The summed E-state index contributed by atoms with van der Waals surface area (Å²) in [7, 11) is 0.